The Balaban J connectivity index is 1.52. The van der Waals surface area contributed by atoms with Crippen molar-refractivity contribution in [2.24, 2.45) is 0 Å². The number of carbonyl (C=O) groups is 1. The van der Waals surface area contributed by atoms with E-state index in [2.05, 4.69) is 19.9 Å². The number of aromatic amines is 1. The molecule has 0 aliphatic heterocycles. The van der Waals surface area contributed by atoms with Crippen LogP contribution in [0.15, 0.2) is 59.7 Å². The molecule has 5 nitrogen and oxygen atoms in total. The number of ketones is 1. The van der Waals surface area contributed by atoms with E-state index in [1.807, 2.05) is 0 Å². The van der Waals surface area contributed by atoms with Gasteiger partial charge in [-0.25, -0.2) is 9.97 Å². The summed E-state index contributed by atoms with van der Waals surface area (Å²) in [4.78, 5) is 27.6. The topological polar surface area (TPSA) is 71.5 Å². The van der Waals surface area contributed by atoms with E-state index in [0.717, 1.165) is 12.1 Å². The highest BCUT2D eigenvalue weighted by molar-refractivity contribution is 7.07. The van der Waals surface area contributed by atoms with Crippen molar-refractivity contribution in [2.75, 3.05) is 0 Å². The van der Waals surface area contributed by atoms with Crippen molar-refractivity contribution in [3.05, 3.63) is 76.6 Å². The quantitative estimate of drug-likeness (QED) is 0.465. The van der Waals surface area contributed by atoms with Crippen LogP contribution in [0.4, 0.5) is 13.2 Å². The summed E-state index contributed by atoms with van der Waals surface area (Å²) in [5.74, 6) is 0.216. The molecule has 0 fully saturated rings. The zero-order chi connectivity index (χ0) is 20.4. The Morgan fingerprint density at radius 3 is 2.59 bits per heavy atom. The molecule has 0 unspecified atom stereocenters. The molecule has 0 amide bonds. The van der Waals surface area contributed by atoms with Gasteiger partial charge in [-0.2, -0.15) is 13.2 Å². The number of hydrogen-bond acceptors (Lipinski definition) is 5. The summed E-state index contributed by atoms with van der Waals surface area (Å²) in [5, 5.41) is 1.69. The molecule has 0 radical (unpaired) electrons. The first kappa shape index (κ1) is 19.0. The summed E-state index contributed by atoms with van der Waals surface area (Å²) in [6, 6.07) is 8.47. The van der Waals surface area contributed by atoms with E-state index < -0.39 is 11.7 Å². The molecule has 0 aliphatic carbocycles. The molecule has 0 atom stereocenters. The number of pyridine rings is 1. The van der Waals surface area contributed by atoms with Crippen molar-refractivity contribution in [1.82, 2.24) is 19.9 Å². The van der Waals surface area contributed by atoms with Gasteiger partial charge in [0, 0.05) is 28.4 Å². The summed E-state index contributed by atoms with van der Waals surface area (Å²) >= 11 is 1.35. The van der Waals surface area contributed by atoms with Gasteiger partial charge in [-0.1, -0.05) is 12.1 Å². The van der Waals surface area contributed by atoms with Gasteiger partial charge in [-0.15, -0.1) is 11.3 Å². The Hall–Kier alpha value is -3.33. The predicted octanol–water partition coefficient (Wildman–Crippen LogP) is 5.04. The van der Waals surface area contributed by atoms with Crippen molar-refractivity contribution in [3.63, 3.8) is 0 Å². The third-order valence-electron chi connectivity index (χ3n) is 4.23. The Morgan fingerprint density at radius 2 is 1.90 bits per heavy atom. The van der Waals surface area contributed by atoms with Crippen LogP contribution in [0, 0.1) is 0 Å². The minimum Gasteiger partial charge on any atom is -0.338 e. The molecule has 9 heteroatoms. The molecule has 146 valence electrons. The fourth-order valence-corrected chi connectivity index (χ4v) is 3.31. The fourth-order valence-electron chi connectivity index (χ4n) is 2.75. The number of thiazole rings is 1. The van der Waals surface area contributed by atoms with Gasteiger partial charge >= 0.3 is 6.18 Å². The van der Waals surface area contributed by atoms with Gasteiger partial charge in [-0.3, -0.25) is 9.78 Å². The third-order valence-corrected chi connectivity index (χ3v) is 4.82. The minimum atomic E-state index is -4.42. The highest BCUT2D eigenvalue weighted by atomic mass is 32.1. The van der Waals surface area contributed by atoms with Gasteiger partial charge < -0.3 is 4.98 Å². The molecule has 3 aromatic heterocycles. The number of benzene rings is 1. The number of halogens is 3. The van der Waals surface area contributed by atoms with E-state index >= 15 is 0 Å². The number of rotatable bonds is 5. The average Bonchev–Trinajstić information content (AvgIpc) is 3.40. The number of alkyl halides is 3. The highest BCUT2D eigenvalue weighted by Crippen LogP contribution is 2.32. The maximum absolute atomic E-state index is 12.9. The van der Waals surface area contributed by atoms with Gasteiger partial charge in [0.2, 0.25) is 0 Å². The van der Waals surface area contributed by atoms with Gasteiger partial charge in [-0.05, 0) is 24.3 Å². The van der Waals surface area contributed by atoms with Crippen molar-refractivity contribution >= 4 is 17.1 Å². The average molecular weight is 414 g/mol. The third kappa shape index (κ3) is 4.24. The Bertz CT molecular complexity index is 1140. The number of hydrogen-bond donors (Lipinski definition) is 1. The van der Waals surface area contributed by atoms with E-state index in [0.29, 0.717) is 34.0 Å². The fraction of sp³-hybridized carbons (Fsp3) is 0.100. The van der Waals surface area contributed by atoms with E-state index in [9.17, 15) is 18.0 Å². The first-order valence-corrected chi connectivity index (χ1v) is 9.44. The van der Waals surface area contributed by atoms with Crippen LogP contribution >= 0.6 is 11.3 Å². The number of nitrogens with one attached hydrogen (secondary N) is 1. The van der Waals surface area contributed by atoms with Gasteiger partial charge in [0.1, 0.15) is 11.5 Å². The van der Waals surface area contributed by atoms with Crippen LogP contribution in [0.3, 0.4) is 0 Å². The first-order valence-electron chi connectivity index (χ1n) is 8.49. The Kier molecular flexibility index (Phi) is 4.98. The lowest BCUT2D eigenvalue weighted by molar-refractivity contribution is -0.137. The van der Waals surface area contributed by atoms with Gasteiger partial charge in [0.25, 0.3) is 0 Å². The summed E-state index contributed by atoms with van der Waals surface area (Å²) < 4.78 is 38.7. The molecule has 0 saturated carbocycles. The smallest absolute Gasteiger partial charge is 0.338 e. The number of Topliss-reactive ketones (excluding diaryl/α,β-unsaturated/α-hetero) is 1. The minimum absolute atomic E-state index is 0.111. The molecular weight excluding hydrogens is 401 g/mol. The normalized spacial score (nSPS) is 11.6. The summed E-state index contributed by atoms with van der Waals surface area (Å²) in [7, 11) is 0. The lowest BCUT2D eigenvalue weighted by Gasteiger charge is -2.07. The predicted molar refractivity (Wildman–Crippen MR) is 102 cm³/mol. The second-order valence-corrected chi connectivity index (χ2v) is 6.95. The van der Waals surface area contributed by atoms with Crippen LogP contribution in [0.1, 0.15) is 21.7 Å². The molecule has 1 N–H and O–H groups in total. The molecule has 0 bridgehead atoms. The first-order chi connectivity index (χ1) is 13.9. The van der Waals surface area contributed by atoms with Crippen molar-refractivity contribution < 1.29 is 18.0 Å². The number of imidazole rings is 1. The Morgan fingerprint density at radius 1 is 1.03 bits per heavy atom. The van der Waals surface area contributed by atoms with Crippen LogP contribution in [0.2, 0.25) is 0 Å². The molecule has 0 aliphatic rings. The molecule has 29 heavy (non-hydrogen) atoms. The number of carbonyl (C=O) groups excluding carboxylic acids is 1. The largest absolute Gasteiger partial charge is 0.416 e. The van der Waals surface area contributed by atoms with Crippen molar-refractivity contribution in [3.8, 4) is 22.6 Å². The molecule has 3 heterocycles. The summed E-state index contributed by atoms with van der Waals surface area (Å²) in [5.41, 5.74) is 3.55. The molecule has 0 spiro atoms. The van der Waals surface area contributed by atoms with E-state index in [1.54, 1.807) is 35.3 Å². The molecular formula is C20H13F3N4OS. The van der Waals surface area contributed by atoms with Crippen LogP contribution in [0.5, 0.6) is 0 Å². The lowest BCUT2D eigenvalue weighted by atomic mass is 10.1. The maximum atomic E-state index is 12.9. The molecule has 4 aromatic rings. The number of aromatic nitrogens is 4. The molecule has 4 rings (SSSR count). The maximum Gasteiger partial charge on any atom is 0.416 e. The van der Waals surface area contributed by atoms with E-state index in [-0.39, 0.29) is 12.2 Å². The zero-order valence-corrected chi connectivity index (χ0v) is 15.6. The standard InChI is InChI=1S/C20H13F3N4OS/c21-20(22,23)14-3-1-2-12(6-14)19-25-9-16(27-19)13-4-5-15(24-8-13)7-18(28)17-10-29-11-26-17/h1-6,8-11H,7H2,(H,25,27). The second-order valence-electron chi connectivity index (χ2n) is 6.24. The summed E-state index contributed by atoms with van der Waals surface area (Å²) in [6.45, 7) is 0. The van der Waals surface area contributed by atoms with Crippen LogP contribution in [-0.4, -0.2) is 25.7 Å². The second kappa shape index (κ2) is 7.59. The van der Waals surface area contributed by atoms with Crippen molar-refractivity contribution in [2.45, 2.75) is 12.6 Å². The molecule has 1 aromatic carbocycles. The Labute approximate surface area is 167 Å². The summed E-state index contributed by atoms with van der Waals surface area (Å²) in [6.07, 6.45) is -1.15. The molecule has 0 saturated heterocycles. The monoisotopic (exact) mass is 414 g/mol. The lowest BCUT2D eigenvalue weighted by Crippen LogP contribution is -2.05. The van der Waals surface area contributed by atoms with E-state index in [1.165, 1.54) is 23.6 Å². The van der Waals surface area contributed by atoms with Gasteiger partial charge in [0.05, 0.1) is 29.4 Å². The van der Waals surface area contributed by atoms with Crippen LogP contribution in [0.25, 0.3) is 22.6 Å². The van der Waals surface area contributed by atoms with E-state index in [4.69, 9.17) is 0 Å². The number of nitrogens with zero attached hydrogens (tertiary/aromatic N) is 3. The zero-order valence-electron chi connectivity index (χ0n) is 14.8. The van der Waals surface area contributed by atoms with Gasteiger partial charge in [0.15, 0.2) is 5.78 Å². The van der Waals surface area contributed by atoms with Crippen molar-refractivity contribution in [1.29, 1.82) is 0 Å². The van der Waals surface area contributed by atoms with Crippen LogP contribution in [-0.2, 0) is 12.6 Å². The highest BCUT2D eigenvalue weighted by Gasteiger charge is 2.30. The SMILES string of the molecule is O=C(Cc1ccc(-c2cnc(-c3cccc(C(F)(F)F)c3)[nH]2)cn1)c1cscn1. The number of H-pyrrole nitrogens is 1. The van der Waals surface area contributed by atoms with Crippen LogP contribution < -0.4 is 0 Å².